The van der Waals surface area contributed by atoms with E-state index in [1.165, 1.54) is 0 Å². The topological polar surface area (TPSA) is 18.5 Å². The molecule has 32 valence electrons. The third kappa shape index (κ3) is 0.581. The van der Waals surface area contributed by atoms with E-state index in [-0.39, 0.29) is 14.2 Å². The molecule has 4 heteroatoms. The summed E-state index contributed by atoms with van der Waals surface area (Å²) in [6.07, 6.45) is 0. The third-order valence-electron chi connectivity index (χ3n) is 0.767. The van der Waals surface area contributed by atoms with Gasteiger partial charge in [-0.15, -0.1) is 0 Å². The molecule has 1 fully saturated rings. The first-order chi connectivity index (χ1) is 2.79. The van der Waals surface area contributed by atoms with Crippen LogP contribution in [0.3, 0.4) is 0 Å². The second kappa shape index (κ2) is 1.28. The van der Waals surface area contributed by atoms with E-state index >= 15 is 0 Å². The minimum Gasteiger partial charge on any atom is -0.453 e. The van der Waals surface area contributed by atoms with Crippen molar-refractivity contribution >= 4 is 14.2 Å². The zero-order chi connectivity index (χ0) is 4.57. The smallest absolute Gasteiger partial charge is 0.426 e. The van der Waals surface area contributed by atoms with Crippen molar-refractivity contribution < 1.29 is 9.14 Å². The molecule has 0 saturated carbocycles. The Morgan fingerprint density at radius 2 is 1.33 bits per heavy atom. The van der Waals surface area contributed by atoms with E-state index in [0.29, 0.717) is 0 Å². The maximum absolute atomic E-state index is 4.92. The molecule has 0 amide bonds. The first kappa shape index (κ1) is 4.22. The summed E-state index contributed by atoms with van der Waals surface area (Å²) in [4.78, 5) is 0. The van der Waals surface area contributed by atoms with Gasteiger partial charge in [-0.1, -0.05) is 0 Å². The molecule has 1 saturated heterocycles. The van der Waals surface area contributed by atoms with E-state index in [4.69, 9.17) is 9.14 Å². The molecule has 6 heavy (non-hydrogen) atoms. The van der Waals surface area contributed by atoms with Crippen molar-refractivity contribution in [1.29, 1.82) is 0 Å². The van der Waals surface area contributed by atoms with Gasteiger partial charge in [0.2, 0.25) is 0 Å². The van der Waals surface area contributed by atoms with Crippen LogP contribution in [0.4, 0.5) is 0 Å². The molecule has 0 N–H and O–H groups in total. The Labute approximate surface area is 38.1 Å². The van der Waals surface area contributed by atoms with Gasteiger partial charge in [0.15, 0.2) is 0 Å². The van der Waals surface area contributed by atoms with Crippen LogP contribution in [0.5, 0.6) is 0 Å². The molecule has 0 aliphatic carbocycles. The molecule has 0 spiro atoms. The Kier molecular flexibility index (Phi) is 0.898. The number of rotatable bonds is 0. The largest absolute Gasteiger partial charge is 0.453 e. The number of hydrogen-bond acceptors (Lipinski definition) is 2. The van der Waals surface area contributed by atoms with Crippen molar-refractivity contribution in [2.45, 2.75) is 13.6 Å². The molecule has 2 nitrogen and oxygen atoms in total. The van der Waals surface area contributed by atoms with Crippen LogP contribution in [-0.2, 0) is 9.14 Å². The predicted octanol–water partition coefficient (Wildman–Crippen LogP) is 0.269. The van der Waals surface area contributed by atoms with Gasteiger partial charge >= 0.3 is 14.2 Å². The zero-order valence-electron chi connectivity index (χ0n) is 3.97. The van der Waals surface area contributed by atoms with Gasteiger partial charge in [-0.3, -0.25) is 0 Å². The highest BCUT2D eigenvalue weighted by Crippen LogP contribution is 2.05. The highest BCUT2D eigenvalue weighted by Gasteiger charge is 2.31. The van der Waals surface area contributed by atoms with Crippen LogP contribution >= 0.6 is 0 Å². The van der Waals surface area contributed by atoms with Crippen LogP contribution in [0, 0.1) is 0 Å². The molecule has 0 atom stereocenters. The SMILES string of the molecule is CB1OB(C)O1. The average molecular weight is 83.7 g/mol. The van der Waals surface area contributed by atoms with E-state index in [9.17, 15) is 0 Å². The maximum atomic E-state index is 4.92. The van der Waals surface area contributed by atoms with Crippen LogP contribution < -0.4 is 0 Å². The van der Waals surface area contributed by atoms with Crippen molar-refractivity contribution in [3.63, 3.8) is 0 Å². The van der Waals surface area contributed by atoms with Gasteiger partial charge in [0.25, 0.3) is 0 Å². The lowest BCUT2D eigenvalue weighted by molar-refractivity contribution is 0.294. The summed E-state index contributed by atoms with van der Waals surface area (Å²) < 4.78 is 9.83. The minimum absolute atomic E-state index is 0.0417. The Bertz CT molecular complexity index is 45.5. The molecular formula is C2H6B2O2. The summed E-state index contributed by atoms with van der Waals surface area (Å²) in [7, 11) is 0.0833. The monoisotopic (exact) mass is 84.1 g/mol. The lowest BCUT2D eigenvalue weighted by Crippen LogP contribution is -2.44. The van der Waals surface area contributed by atoms with Crippen molar-refractivity contribution in [2.24, 2.45) is 0 Å². The van der Waals surface area contributed by atoms with Gasteiger partial charge in [-0.2, -0.15) is 0 Å². The highest BCUT2D eigenvalue weighted by molar-refractivity contribution is 6.72. The van der Waals surface area contributed by atoms with Gasteiger partial charge in [0, 0.05) is 0 Å². The third-order valence-corrected chi connectivity index (χ3v) is 0.767. The molecule has 0 bridgehead atoms. The van der Waals surface area contributed by atoms with Crippen molar-refractivity contribution in [2.75, 3.05) is 0 Å². The van der Waals surface area contributed by atoms with Crippen LogP contribution in [0.15, 0.2) is 0 Å². The van der Waals surface area contributed by atoms with Gasteiger partial charge in [0.1, 0.15) is 0 Å². The van der Waals surface area contributed by atoms with Gasteiger partial charge in [0.05, 0.1) is 0 Å². The summed E-state index contributed by atoms with van der Waals surface area (Å²) in [6, 6.07) is 0. The van der Waals surface area contributed by atoms with Crippen molar-refractivity contribution in [1.82, 2.24) is 0 Å². The lowest BCUT2D eigenvalue weighted by atomic mass is 9.74. The Balaban J connectivity index is 2.11. The fraction of sp³-hybridized carbons (Fsp3) is 1.00. The predicted molar refractivity (Wildman–Crippen MR) is 25.4 cm³/mol. The van der Waals surface area contributed by atoms with E-state index in [2.05, 4.69) is 0 Å². The van der Waals surface area contributed by atoms with Crippen molar-refractivity contribution in [3.8, 4) is 0 Å². The fourth-order valence-corrected chi connectivity index (χ4v) is 0.550. The summed E-state index contributed by atoms with van der Waals surface area (Å²) in [5.41, 5.74) is 0. The Morgan fingerprint density at radius 1 is 1.00 bits per heavy atom. The standard InChI is InChI=1S/C2H6B2O2/c1-3-5-4(2)6-3/h1-2H3. The second-order valence-electron chi connectivity index (χ2n) is 1.41. The maximum Gasteiger partial charge on any atom is 0.426 e. The summed E-state index contributed by atoms with van der Waals surface area (Å²) in [6.45, 7) is 3.75. The van der Waals surface area contributed by atoms with Gasteiger partial charge in [-0.05, 0) is 13.6 Å². The fourth-order valence-electron chi connectivity index (χ4n) is 0.550. The minimum atomic E-state index is 0.0417. The quantitative estimate of drug-likeness (QED) is 0.392. The molecule has 0 aromatic rings. The van der Waals surface area contributed by atoms with Crippen LogP contribution in [0.1, 0.15) is 0 Å². The molecular weight excluding hydrogens is 77.6 g/mol. The highest BCUT2D eigenvalue weighted by atomic mass is 16.7. The molecule has 1 aliphatic rings. The van der Waals surface area contributed by atoms with Crippen LogP contribution in [-0.4, -0.2) is 14.2 Å². The van der Waals surface area contributed by atoms with E-state index < -0.39 is 0 Å². The summed E-state index contributed by atoms with van der Waals surface area (Å²) in [5, 5.41) is 0. The Hall–Kier alpha value is 0.0499. The summed E-state index contributed by atoms with van der Waals surface area (Å²) >= 11 is 0. The molecule has 0 aromatic heterocycles. The average Bonchev–Trinajstić information content (AvgIpc) is 1.33. The van der Waals surface area contributed by atoms with Gasteiger partial charge in [-0.25, -0.2) is 0 Å². The molecule has 1 rings (SSSR count). The summed E-state index contributed by atoms with van der Waals surface area (Å²) in [5.74, 6) is 0. The van der Waals surface area contributed by atoms with E-state index in [0.717, 1.165) is 0 Å². The van der Waals surface area contributed by atoms with E-state index in [1.54, 1.807) is 0 Å². The second-order valence-corrected chi connectivity index (χ2v) is 1.41. The molecule has 1 heterocycles. The first-order valence-corrected chi connectivity index (χ1v) is 2.10. The van der Waals surface area contributed by atoms with Crippen LogP contribution in [0.25, 0.3) is 0 Å². The molecule has 1 aliphatic heterocycles. The van der Waals surface area contributed by atoms with Crippen molar-refractivity contribution in [3.05, 3.63) is 0 Å². The molecule has 0 aromatic carbocycles. The lowest BCUT2D eigenvalue weighted by Gasteiger charge is -2.25. The normalized spacial score (nSPS) is 21.0. The Morgan fingerprint density at radius 3 is 1.33 bits per heavy atom. The zero-order valence-corrected chi connectivity index (χ0v) is 3.97. The first-order valence-electron chi connectivity index (χ1n) is 2.10. The number of hydrogen-bond donors (Lipinski definition) is 0. The van der Waals surface area contributed by atoms with Crippen LogP contribution in [0.2, 0.25) is 13.6 Å². The molecule has 0 unspecified atom stereocenters. The molecule has 0 radical (unpaired) electrons. The van der Waals surface area contributed by atoms with E-state index in [1.807, 2.05) is 13.6 Å². The van der Waals surface area contributed by atoms with Gasteiger partial charge < -0.3 is 9.14 Å².